The van der Waals surface area contributed by atoms with E-state index in [1.807, 2.05) is 24.3 Å². The van der Waals surface area contributed by atoms with Gasteiger partial charge in [-0.05, 0) is 36.4 Å². The number of carbonyl (C=O) groups excluding carboxylic acids is 1. The van der Waals surface area contributed by atoms with Crippen LogP contribution in [0.2, 0.25) is 0 Å². The Labute approximate surface area is 146 Å². The summed E-state index contributed by atoms with van der Waals surface area (Å²) in [5, 5.41) is 13.3. The van der Waals surface area contributed by atoms with Crippen molar-refractivity contribution in [1.82, 2.24) is 4.98 Å². The molecule has 0 saturated carbocycles. The van der Waals surface area contributed by atoms with Gasteiger partial charge in [-0.2, -0.15) is 0 Å². The molecule has 0 aliphatic carbocycles. The van der Waals surface area contributed by atoms with Crippen LogP contribution in [-0.4, -0.2) is 15.8 Å². The molecule has 0 bridgehead atoms. The molecule has 8 heteroatoms. The second kappa shape index (κ2) is 6.17. The molecule has 4 rings (SSSR count). The summed E-state index contributed by atoms with van der Waals surface area (Å²) >= 11 is 0. The number of hydrogen-bond donors (Lipinski definition) is 1. The number of furan rings is 1. The number of benzene rings is 2. The van der Waals surface area contributed by atoms with Crippen LogP contribution in [0.5, 0.6) is 0 Å². The molecule has 0 fully saturated rings. The lowest BCUT2D eigenvalue weighted by Gasteiger charge is -2.04. The molecule has 0 atom stereocenters. The molecular formula is C18H11N3O5. The van der Waals surface area contributed by atoms with Crippen molar-refractivity contribution >= 4 is 28.6 Å². The topological polar surface area (TPSA) is 111 Å². The van der Waals surface area contributed by atoms with Gasteiger partial charge in [0.15, 0.2) is 11.3 Å². The third kappa shape index (κ3) is 2.91. The van der Waals surface area contributed by atoms with E-state index in [1.54, 1.807) is 24.3 Å². The quantitative estimate of drug-likeness (QED) is 0.435. The van der Waals surface area contributed by atoms with Crippen molar-refractivity contribution in [2.24, 2.45) is 0 Å². The van der Waals surface area contributed by atoms with Gasteiger partial charge in [-0.25, -0.2) is 4.98 Å². The first-order valence-electron chi connectivity index (χ1n) is 7.62. The third-order valence-corrected chi connectivity index (χ3v) is 3.66. The number of hydrogen-bond acceptors (Lipinski definition) is 6. The molecule has 1 amide bonds. The number of anilines is 1. The molecule has 0 spiro atoms. The highest BCUT2D eigenvalue weighted by molar-refractivity contribution is 6.02. The van der Waals surface area contributed by atoms with Gasteiger partial charge in [0.05, 0.1) is 6.07 Å². The third-order valence-electron chi connectivity index (χ3n) is 3.66. The van der Waals surface area contributed by atoms with Crippen LogP contribution in [0.3, 0.4) is 0 Å². The number of nitro groups is 1. The Morgan fingerprint density at radius 2 is 1.88 bits per heavy atom. The number of fused-ring (bicyclic) bond motifs is 1. The van der Waals surface area contributed by atoms with Crippen molar-refractivity contribution in [2.75, 3.05) is 5.32 Å². The monoisotopic (exact) mass is 349 g/mol. The Morgan fingerprint density at radius 3 is 2.65 bits per heavy atom. The molecule has 0 saturated heterocycles. The number of oxazole rings is 1. The maximum atomic E-state index is 12.2. The predicted octanol–water partition coefficient (Wildman–Crippen LogP) is 4.25. The van der Waals surface area contributed by atoms with Crippen LogP contribution in [0, 0.1) is 10.1 Å². The summed E-state index contributed by atoms with van der Waals surface area (Å²) in [7, 11) is 0. The Balaban J connectivity index is 1.59. The van der Waals surface area contributed by atoms with Crippen LogP contribution in [-0.2, 0) is 0 Å². The number of amides is 1. The van der Waals surface area contributed by atoms with E-state index >= 15 is 0 Å². The van der Waals surface area contributed by atoms with Gasteiger partial charge in [-0.3, -0.25) is 14.9 Å². The zero-order chi connectivity index (χ0) is 18.1. The van der Waals surface area contributed by atoms with Gasteiger partial charge in [-0.15, -0.1) is 0 Å². The first-order valence-corrected chi connectivity index (χ1v) is 7.62. The fourth-order valence-electron chi connectivity index (χ4n) is 2.47. The average molecular weight is 349 g/mol. The molecule has 8 nitrogen and oxygen atoms in total. The normalized spacial score (nSPS) is 10.8. The molecule has 0 radical (unpaired) electrons. The summed E-state index contributed by atoms with van der Waals surface area (Å²) in [5.74, 6) is -0.803. The van der Waals surface area contributed by atoms with Crippen molar-refractivity contribution in [3.8, 4) is 11.5 Å². The van der Waals surface area contributed by atoms with E-state index in [-0.39, 0.29) is 5.76 Å². The molecule has 0 aliphatic rings. The number of rotatable bonds is 4. The minimum atomic E-state index is -0.704. The summed E-state index contributed by atoms with van der Waals surface area (Å²) in [5.41, 5.74) is 2.57. The van der Waals surface area contributed by atoms with Gasteiger partial charge in [-0.1, -0.05) is 18.2 Å². The lowest BCUT2D eigenvalue weighted by Crippen LogP contribution is -2.10. The highest BCUT2D eigenvalue weighted by Crippen LogP contribution is 2.26. The molecular weight excluding hydrogens is 338 g/mol. The Bertz CT molecular complexity index is 1100. The largest absolute Gasteiger partial charge is 0.436 e. The zero-order valence-electron chi connectivity index (χ0n) is 13.2. The Hall–Kier alpha value is -3.94. The Morgan fingerprint density at radius 1 is 1.04 bits per heavy atom. The number of nitrogens with one attached hydrogen (secondary N) is 1. The van der Waals surface area contributed by atoms with E-state index in [9.17, 15) is 14.9 Å². The SMILES string of the molecule is O=C(Nc1cccc(-c2nc3ccccc3o2)c1)c1ccc([N+](=O)[O-])o1. The average Bonchev–Trinajstić information content (AvgIpc) is 3.29. The molecule has 2 aromatic heterocycles. The zero-order valence-corrected chi connectivity index (χ0v) is 13.2. The van der Waals surface area contributed by atoms with Crippen LogP contribution in [0.15, 0.2) is 69.5 Å². The molecule has 2 aromatic carbocycles. The fourth-order valence-corrected chi connectivity index (χ4v) is 2.47. The highest BCUT2D eigenvalue weighted by atomic mass is 16.6. The van der Waals surface area contributed by atoms with Crippen LogP contribution in [0.1, 0.15) is 10.6 Å². The van der Waals surface area contributed by atoms with Gasteiger partial charge in [0, 0.05) is 11.3 Å². The number of carbonyl (C=O) groups is 1. The maximum Gasteiger partial charge on any atom is 0.433 e. The van der Waals surface area contributed by atoms with Crippen molar-refractivity contribution in [1.29, 1.82) is 0 Å². The van der Waals surface area contributed by atoms with E-state index in [1.165, 1.54) is 6.07 Å². The number of aromatic nitrogens is 1. The fraction of sp³-hybridized carbons (Fsp3) is 0. The second-order valence-corrected chi connectivity index (χ2v) is 5.42. The molecule has 26 heavy (non-hydrogen) atoms. The van der Waals surface area contributed by atoms with Crippen molar-refractivity contribution in [3.05, 3.63) is 76.5 Å². The first kappa shape index (κ1) is 15.6. The molecule has 0 aliphatic heterocycles. The van der Waals surface area contributed by atoms with Gasteiger partial charge < -0.3 is 14.2 Å². The lowest BCUT2D eigenvalue weighted by atomic mass is 10.2. The van der Waals surface area contributed by atoms with Gasteiger partial charge in [0.25, 0.3) is 5.91 Å². The second-order valence-electron chi connectivity index (χ2n) is 5.42. The van der Waals surface area contributed by atoms with Crippen molar-refractivity contribution in [3.63, 3.8) is 0 Å². The molecule has 4 aromatic rings. The predicted molar refractivity (Wildman–Crippen MR) is 92.8 cm³/mol. The van der Waals surface area contributed by atoms with Gasteiger partial charge in [0.2, 0.25) is 5.89 Å². The molecule has 128 valence electrons. The smallest absolute Gasteiger partial charge is 0.433 e. The lowest BCUT2D eigenvalue weighted by molar-refractivity contribution is -0.402. The van der Waals surface area contributed by atoms with Crippen LogP contribution >= 0.6 is 0 Å². The van der Waals surface area contributed by atoms with Crippen LogP contribution in [0.4, 0.5) is 11.6 Å². The van der Waals surface area contributed by atoms with E-state index in [0.717, 1.165) is 11.6 Å². The standard InChI is InChI=1S/C18H11N3O5/c22-17(15-8-9-16(25-15)21(23)24)19-12-5-3-4-11(10-12)18-20-13-6-1-2-7-14(13)26-18/h1-10H,(H,19,22). The first-order chi connectivity index (χ1) is 12.6. The van der Waals surface area contributed by atoms with E-state index in [4.69, 9.17) is 8.83 Å². The maximum absolute atomic E-state index is 12.2. The van der Waals surface area contributed by atoms with Crippen molar-refractivity contribution in [2.45, 2.75) is 0 Å². The van der Waals surface area contributed by atoms with E-state index < -0.39 is 16.7 Å². The highest BCUT2D eigenvalue weighted by Gasteiger charge is 2.17. The summed E-state index contributed by atoms with van der Waals surface area (Å²) in [6.07, 6.45) is 0. The molecule has 0 unspecified atom stereocenters. The minimum Gasteiger partial charge on any atom is -0.436 e. The minimum absolute atomic E-state index is 0.149. The summed E-state index contributed by atoms with van der Waals surface area (Å²) < 4.78 is 10.6. The van der Waals surface area contributed by atoms with Gasteiger partial charge in [0.1, 0.15) is 10.4 Å². The molecule has 1 N–H and O–H groups in total. The van der Waals surface area contributed by atoms with E-state index in [2.05, 4.69) is 10.3 Å². The van der Waals surface area contributed by atoms with E-state index in [0.29, 0.717) is 22.7 Å². The van der Waals surface area contributed by atoms with Crippen LogP contribution in [0.25, 0.3) is 22.6 Å². The summed E-state index contributed by atoms with van der Waals surface area (Å²) in [6, 6.07) is 16.7. The van der Waals surface area contributed by atoms with Gasteiger partial charge >= 0.3 is 5.88 Å². The summed E-state index contributed by atoms with van der Waals surface area (Å²) in [6.45, 7) is 0. The van der Waals surface area contributed by atoms with Crippen molar-refractivity contribution < 1.29 is 18.6 Å². The Kier molecular flexibility index (Phi) is 3.70. The van der Waals surface area contributed by atoms with Crippen LogP contribution < -0.4 is 5.32 Å². The number of nitrogens with zero attached hydrogens (tertiary/aromatic N) is 2. The summed E-state index contributed by atoms with van der Waals surface area (Å²) in [4.78, 5) is 26.5. The number of para-hydroxylation sites is 2. The molecule has 2 heterocycles.